The van der Waals surface area contributed by atoms with Crippen molar-refractivity contribution < 1.29 is 9.72 Å². The van der Waals surface area contributed by atoms with E-state index in [0.29, 0.717) is 10.1 Å². The third kappa shape index (κ3) is 3.54. The van der Waals surface area contributed by atoms with Crippen LogP contribution in [0.2, 0.25) is 0 Å². The zero-order chi connectivity index (χ0) is 15.6. The normalized spacial score (nSPS) is 10.4. The summed E-state index contributed by atoms with van der Waals surface area (Å²) in [4.78, 5) is 30.5. The molecule has 0 aliphatic rings. The van der Waals surface area contributed by atoms with Crippen molar-refractivity contribution in [3.8, 4) is 0 Å². The van der Waals surface area contributed by atoms with E-state index in [1.807, 2.05) is 19.9 Å². The Kier molecular flexibility index (Phi) is 4.18. The summed E-state index contributed by atoms with van der Waals surface area (Å²) >= 11 is 1.08. The van der Waals surface area contributed by atoms with Gasteiger partial charge in [0.25, 0.3) is 5.69 Å². The second-order valence-corrected chi connectivity index (χ2v) is 5.35. The van der Waals surface area contributed by atoms with Gasteiger partial charge in [-0.1, -0.05) is 0 Å². The van der Waals surface area contributed by atoms with Gasteiger partial charge >= 0.3 is 0 Å². The third-order valence-electron chi connectivity index (χ3n) is 2.60. The van der Waals surface area contributed by atoms with Crippen molar-refractivity contribution in [3.63, 3.8) is 0 Å². The minimum Gasteiger partial charge on any atom is -0.366 e. The van der Waals surface area contributed by atoms with Crippen LogP contribution in [0.25, 0.3) is 0 Å². The number of amides is 1. The fourth-order valence-electron chi connectivity index (χ4n) is 1.74. The molecule has 1 aromatic heterocycles. The molecule has 0 aliphatic heterocycles. The predicted molar refractivity (Wildman–Crippen MR) is 77.2 cm³/mol. The maximum Gasteiger partial charge on any atom is 0.284 e. The summed E-state index contributed by atoms with van der Waals surface area (Å²) in [5, 5.41) is 11.5. The lowest BCUT2D eigenvalue weighted by Gasteiger charge is -2.05. The number of nitro groups is 1. The third-order valence-corrected chi connectivity index (χ3v) is 3.53. The topological polar surface area (TPSA) is 112 Å². The van der Waals surface area contributed by atoms with Gasteiger partial charge in [-0.3, -0.25) is 14.9 Å². The van der Waals surface area contributed by atoms with Crippen LogP contribution in [-0.4, -0.2) is 20.8 Å². The van der Waals surface area contributed by atoms with Crippen LogP contribution in [0, 0.1) is 24.0 Å². The zero-order valence-corrected chi connectivity index (χ0v) is 12.2. The molecule has 1 heterocycles. The van der Waals surface area contributed by atoms with Gasteiger partial charge in [-0.15, -0.1) is 0 Å². The number of carbonyl (C=O) groups excluding carboxylic acids is 1. The van der Waals surface area contributed by atoms with Gasteiger partial charge in [-0.25, -0.2) is 9.97 Å². The smallest absolute Gasteiger partial charge is 0.284 e. The van der Waals surface area contributed by atoms with E-state index >= 15 is 0 Å². The van der Waals surface area contributed by atoms with Crippen molar-refractivity contribution in [2.75, 3.05) is 0 Å². The summed E-state index contributed by atoms with van der Waals surface area (Å²) in [5.41, 5.74) is 6.59. The average Bonchev–Trinajstić information content (AvgIpc) is 2.37. The lowest BCUT2D eigenvalue weighted by atomic mass is 10.2. The molecule has 1 amide bonds. The molecule has 1 aromatic carbocycles. The Labute approximate surface area is 124 Å². The van der Waals surface area contributed by atoms with Crippen molar-refractivity contribution in [1.29, 1.82) is 0 Å². The Morgan fingerprint density at radius 2 is 1.86 bits per heavy atom. The van der Waals surface area contributed by atoms with E-state index in [-0.39, 0.29) is 11.3 Å². The van der Waals surface area contributed by atoms with Gasteiger partial charge in [-0.2, -0.15) is 0 Å². The molecule has 7 nitrogen and oxygen atoms in total. The van der Waals surface area contributed by atoms with Crippen molar-refractivity contribution in [3.05, 3.63) is 51.3 Å². The minimum atomic E-state index is -0.711. The highest BCUT2D eigenvalue weighted by atomic mass is 32.2. The van der Waals surface area contributed by atoms with E-state index in [1.165, 1.54) is 12.1 Å². The molecule has 8 heteroatoms. The quantitative estimate of drug-likeness (QED) is 0.526. The van der Waals surface area contributed by atoms with E-state index in [9.17, 15) is 14.9 Å². The summed E-state index contributed by atoms with van der Waals surface area (Å²) in [6.45, 7) is 3.65. The minimum absolute atomic E-state index is 0.0902. The first kappa shape index (κ1) is 14.9. The van der Waals surface area contributed by atoms with E-state index < -0.39 is 10.8 Å². The highest BCUT2D eigenvalue weighted by Gasteiger charge is 2.18. The zero-order valence-electron chi connectivity index (χ0n) is 11.4. The van der Waals surface area contributed by atoms with Crippen LogP contribution in [0.5, 0.6) is 0 Å². The second kappa shape index (κ2) is 5.88. The number of carbonyl (C=O) groups is 1. The van der Waals surface area contributed by atoms with Crippen molar-refractivity contribution >= 4 is 23.4 Å². The molecular weight excluding hydrogens is 292 g/mol. The number of nitro benzene ring substituents is 1. The summed E-state index contributed by atoms with van der Waals surface area (Å²) in [5.74, 6) is -0.711. The number of aryl methyl sites for hydroxylation is 2. The lowest BCUT2D eigenvalue weighted by Crippen LogP contribution is -2.11. The molecule has 0 atom stereocenters. The number of primary amides is 1. The van der Waals surface area contributed by atoms with Crippen LogP contribution in [0.1, 0.15) is 21.7 Å². The summed E-state index contributed by atoms with van der Waals surface area (Å²) in [7, 11) is 0. The monoisotopic (exact) mass is 304 g/mol. The molecule has 0 bridgehead atoms. The van der Waals surface area contributed by atoms with Crippen LogP contribution < -0.4 is 5.73 Å². The Morgan fingerprint density at radius 1 is 1.24 bits per heavy atom. The fourth-order valence-corrected chi connectivity index (χ4v) is 2.69. The standard InChI is InChI=1S/C13H12N4O3S/c1-7-5-8(2)16-13(15-7)21-11-4-3-9(12(14)18)6-10(11)17(19)20/h3-6H,1-2H3,(H2,14,18). The van der Waals surface area contributed by atoms with Crippen molar-refractivity contribution in [1.82, 2.24) is 9.97 Å². The van der Waals surface area contributed by atoms with Gasteiger partial charge in [0.15, 0.2) is 5.16 Å². The van der Waals surface area contributed by atoms with Gasteiger partial charge in [-0.05, 0) is 43.8 Å². The van der Waals surface area contributed by atoms with Gasteiger partial charge in [0.1, 0.15) is 0 Å². The Hall–Kier alpha value is -2.48. The molecule has 108 valence electrons. The maximum atomic E-state index is 11.1. The van der Waals surface area contributed by atoms with Gasteiger partial charge in [0, 0.05) is 23.0 Å². The van der Waals surface area contributed by atoms with E-state index in [0.717, 1.165) is 29.2 Å². The largest absolute Gasteiger partial charge is 0.366 e. The summed E-state index contributed by atoms with van der Waals surface area (Å²) in [6.07, 6.45) is 0. The number of rotatable bonds is 4. The van der Waals surface area contributed by atoms with Crippen LogP contribution in [-0.2, 0) is 0 Å². The van der Waals surface area contributed by atoms with Crippen molar-refractivity contribution in [2.45, 2.75) is 23.9 Å². The van der Waals surface area contributed by atoms with Gasteiger partial charge in [0.05, 0.1) is 9.82 Å². The molecule has 21 heavy (non-hydrogen) atoms. The van der Waals surface area contributed by atoms with Crippen LogP contribution >= 0.6 is 11.8 Å². The number of nitrogens with zero attached hydrogens (tertiary/aromatic N) is 3. The van der Waals surface area contributed by atoms with Crippen molar-refractivity contribution in [2.24, 2.45) is 5.73 Å². The molecule has 2 aromatic rings. The number of hydrogen-bond acceptors (Lipinski definition) is 6. The van der Waals surface area contributed by atoms with Crippen LogP contribution in [0.4, 0.5) is 5.69 Å². The number of benzene rings is 1. The molecule has 0 saturated carbocycles. The van der Waals surface area contributed by atoms with Gasteiger partial charge < -0.3 is 5.73 Å². The number of hydrogen-bond donors (Lipinski definition) is 1. The van der Waals surface area contributed by atoms with Crippen LogP contribution in [0.3, 0.4) is 0 Å². The molecular formula is C13H12N4O3S. The summed E-state index contributed by atoms with van der Waals surface area (Å²) < 4.78 is 0. The highest BCUT2D eigenvalue weighted by molar-refractivity contribution is 7.99. The molecule has 0 saturated heterocycles. The molecule has 2 rings (SSSR count). The van der Waals surface area contributed by atoms with Gasteiger partial charge in [0.2, 0.25) is 5.91 Å². The Balaban J connectivity index is 2.43. The van der Waals surface area contributed by atoms with Crippen LogP contribution in [0.15, 0.2) is 34.3 Å². The molecule has 0 aliphatic carbocycles. The maximum absolute atomic E-state index is 11.1. The first-order chi connectivity index (χ1) is 9.86. The molecule has 0 radical (unpaired) electrons. The fraction of sp³-hybridized carbons (Fsp3) is 0.154. The summed E-state index contributed by atoms with van der Waals surface area (Å²) in [6, 6.07) is 5.90. The Morgan fingerprint density at radius 3 is 2.38 bits per heavy atom. The molecule has 2 N–H and O–H groups in total. The lowest BCUT2D eigenvalue weighted by molar-refractivity contribution is -0.387. The highest BCUT2D eigenvalue weighted by Crippen LogP contribution is 2.33. The molecule has 0 fully saturated rings. The first-order valence-corrected chi connectivity index (χ1v) is 6.77. The molecule has 0 spiro atoms. The second-order valence-electron chi connectivity index (χ2n) is 4.34. The Bertz CT molecular complexity index is 713. The van der Waals surface area contributed by atoms with E-state index in [4.69, 9.17) is 5.73 Å². The predicted octanol–water partition coefficient (Wildman–Crippen LogP) is 2.25. The number of aromatic nitrogens is 2. The molecule has 0 unspecified atom stereocenters. The SMILES string of the molecule is Cc1cc(C)nc(Sc2ccc(C(N)=O)cc2[N+](=O)[O-])n1. The first-order valence-electron chi connectivity index (χ1n) is 5.95. The van der Waals surface area contributed by atoms with E-state index in [1.54, 1.807) is 0 Å². The number of nitrogens with two attached hydrogens (primary N) is 1. The van der Waals surface area contributed by atoms with E-state index in [2.05, 4.69) is 9.97 Å². The average molecular weight is 304 g/mol.